The lowest BCUT2D eigenvalue weighted by atomic mass is 9.87. The first kappa shape index (κ1) is 15.3. The van der Waals surface area contributed by atoms with Gasteiger partial charge in [-0.1, -0.05) is 33.6 Å². The molecular formula is C16H32N2O. The Morgan fingerprint density at radius 2 is 2.00 bits per heavy atom. The maximum absolute atomic E-state index is 5.47. The fraction of sp³-hybridized carbons (Fsp3) is 1.00. The van der Waals surface area contributed by atoms with Crippen molar-refractivity contribution in [1.82, 2.24) is 10.2 Å². The van der Waals surface area contributed by atoms with Crippen molar-refractivity contribution >= 4 is 0 Å². The van der Waals surface area contributed by atoms with E-state index in [1.165, 1.54) is 38.6 Å². The Morgan fingerprint density at radius 1 is 1.32 bits per heavy atom. The lowest BCUT2D eigenvalue weighted by Crippen LogP contribution is -2.66. The maximum Gasteiger partial charge on any atom is 0.0618 e. The van der Waals surface area contributed by atoms with Crippen LogP contribution in [0.1, 0.15) is 52.9 Å². The van der Waals surface area contributed by atoms with Crippen molar-refractivity contribution in [3.63, 3.8) is 0 Å². The SMILES string of the molecule is CCC(COC)N1CC2(CCCC2)NCC1C(C)C. The Kier molecular flexibility index (Phi) is 5.27. The predicted octanol–water partition coefficient (Wildman–Crippen LogP) is 2.65. The van der Waals surface area contributed by atoms with Gasteiger partial charge in [-0.05, 0) is 25.2 Å². The van der Waals surface area contributed by atoms with E-state index in [0.717, 1.165) is 13.2 Å². The molecule has 2 rings (SSSR count). The van der Waals surface area contributed by atoms with E-state index in [1.807, 2.05) is 7.11 Å². The highest BCUT2D eigenvalue weighted by atomic mass is 16.5. The van der Waals surface area contributed by atoms with Crippen molar-refractivity contribution in [3.8, 4) is 0 Å². The van der Waals surface area contributed by atoms with Gasteiger partial charge in [0.15, 0.2) is 0 Å². The number of nitrogens with one attached hydrogen (secondary N) is 1. The van der Waals surface area contributed by atoms with Gasteiger partial charge >= 0.3 is 0 Å². The first-order valence-electron chi connectivity index (χ1n) is 8.11. The molecule has 0 aromatic carbocycles. The Hall–Kier alpha value is -0.120. The number of hydrogen-bond acceptors (Lipinski definition) is 3. The van der Waals surface area contributed by atoms with Crippen molar-refractivity contribution in [2.24, 2.45) is 5.92 Å². The third-order valence-corrected chi connectivity index (χ3v) is 5.23. The normalized spacial score (nSPS) is 29.2. The standard InChI is InChI=1S/C16H32N2O/c1-5-14(11-19-4)18-12-16(8-6-7-9-16)17-10-15(18)13(2)3/h13-15,17H,5-12H2,1-4H3. The molecule has 1 saturated carbocycles. The van der Waals surface area contributed by atoms with Crippen LogP contribution in [0.25, 0.3) is 0 Å². The fourth-order valence-corrected chi connectivity index (χ4v) is 4.01. The molecule has 0 radical (unpaired) electrons. The van der Waals surface area contributed by atoms with E-state index in [9.17, 15) is 0 Å². The van der Waals surface area contributed by atoms with Crippen molar-refractivity contribution in [2.45, 2.75) is 70.5 Å². The minimum Gasteiger partial charge on any atom is -0.383 e. The average molecular weight is 268 g/mol. The van der Waals surface area contributed by atoms with Gasteiger partial charge in [0.1, 0.15) is 0 Å². The van der Waals surface area contributed by atoms with Crippen molar-refractivity contribution in [2.75, 3.05) is 26.8 Å². The summed E-state index contributed by atoms with van der Waals surface area (Å²) in [7, 11) is 1.83. The van der Waals surface area contributed by atoms with Gasteiger partial charge in [-0.3, -0.25) is 4.90 Å². The summed E-state index contributed by atoms with van der Waals surface area (Å²) in [5.74, 6) is 0.706. The van der Waals surface area contributed by atoms with Gasteiger partial charge < -0.3 is 10.1 Å². The quantitative estimate of drug-likeness (QED) is 0.829. The summed E-state index contributed by atoms with van der Waals surface area (Å²) in [6.45, 7) is 10.2. The summed E-state index contributed by atoms with van der Waals surface area (Å²) < 4.78 is 5.47. The molecule has 0 aromatic heterocycles. The largest absolute Gasteiger partial charge is 0.383 e. The first-order chi connectivity index (χ1) is 9.12. The van der Waals surface area contributed by atoms with Gasteiger partial charge in [-0.25, -0.2) is 0 Å². The zero-order valence-electron chi connectivity index (χ0n) is 13.2. The number of nitrogens with zero attached hydrogens (tertiary/aromatic N) is 1. The molecule has 2 unspecified atom stereocenters. The van der Waals surface area contributed by atoms with E-state index < -0.39 is 0 Å². The zero-order valence-corrected chi connectivity index (χ0v) is 13.2. The van der Waals surface area contributed by atoms with E-state index in [4.69, 9.17) is 4.74 Å². The lowest BCUT2D eigenvalue weighted by molar-refractivity contribution is -0.00792. The summed E-state index contributed by atoms with van der Waals surface area (Å²) in [5.41, 5.74) is 0.409. The monoisotopic (exact) mass is 268 g/mol. The Morgan fingerprint density at radius 3 is 2.53 bits per heavy atom. The Bertz CT molecular complexity index is 274. The van der Waals surface area contributed by atoms with Crippen LogP contribution in [0.4, 0.5) is 0 Å². The summed E-state index contributed by atoms with van der Waals surface area (Å²) in [6.07, 6.45) is 6.70. The molecule has 19 heavy (non-hydrogen) atoms. The Labute approximate surface area is 119 Å². The second kappa shape index (κ2) is 6.55. The van der Waals surface area contributed by atoms with E-state index in [1.54, 1.807) is 0 Å². The molecule has 2 fully saturated rings. The van der Waals surface area contributed by atoms with Crippen LogP contribution in [0.3, 0.4) is 0 Å². The molecule has 112 valence electrons. The molecule has 0 amide bonds. The fourth-order valence-electron chi connectivity index (χ4n) is 4.01. The number of methoxy groups -OCH3 is 1. The minimum absolute atomic E-state index is 0.409. The summed E-state index contributed by atoms with van der Waals surface area (Å²) in [5, 5.41) is 3.89. The molecule has 1 aliphatic carbocycles. The highest BCUT2D eigenvalue weighted by Crippen LogP contribution is 2.35. The van der Waals surface area contributed by atoms with Crippen molar-refractivity contribution in [1.29, 1.82) is 0 Å². The molecular weight excluding hydrogens is 236 g/mol. The number of hydrogen-bond donors (Lipinski definition) is 1. The van der Waals surface area contributed by atoms with Gasteiger partial charge in [-0.2, -0.15) is 0 Å². The van der Waals surface area contributed by atoms with Crippen LogP contribution in [0, 0.1) is 5.92 Å². The average Bonchev–Trinajstić information content (AvgIpc) is 2.83. The van der Waals surface area contributed by atoms with Crippen molar-refractivity contribution in [3.05, 3.63) is 0 Å². The summed E-state index contributed by atoms with van der Waals surface area (Å²) in [6, 6.07) is 1.24. The van der Waals surface area contributed by atoms with Gasteiger partial charge in [0, 0.05) is 37.8 Å². The molecule has 1 aliphatic heterocycles. The molecule has 1 spiro atoms. The van der Waals surface area contributed by atoms with Crippen LogP contribution in [0.5, 0.6) is 0 Å². The lowest BCUT2D eigenvalue weighted by Gasteiger charge is -2.50. The van der Waals surface area contributed by atoms with Crippen molar-refractivity contribution < 1.29 is 4.74 Å². The highest BCUT2D eigenvalue weighted by Gasteiger charge is 2.43. The topological polar surface area (TPSA) is 24.5 Å². The number of piperazine rings is 1. The van der Waals surface area contributed by atoms with Crippen LogP contribution in [0.15, 0.2) is 0 Å². The highest BCUT2D eigenvalue weighted by molar-refractivity contribution is 5.02. The molecule has 1 saturated heterocycles. The van der Waals surface area contributed by atoms with Crippen LogP contribution >= 0.6 is 0 Å². The zero-order chi connectivity index (χ0) is 13.9. The van der Waals surface area contributed by atoms with Gasteiger partial charge in [-0.15, -0.1) is 0 Å². The molecule has 3 nitrogen and oxygen atoms in total. The molecule has 3 heteroatoms. The van der Waals surface area contributed by atoms with E-state index in [-0.39, 0.29) is 0 Å². The number of ether oxygens (including phenoxy) is 1. The maximum atomic E-state index is 5.47. The summed E-state index contributed by atoms with van der Waals surface area (Å²) in [4.78, 5) is 2.76. The third kappa shape index (κ3) is 3.32. The van der Waals surface area contributed by atoms with Crippen LogP contribution in [-0.2, 0) is 4.74 Å². The molecule has 0 bridgehead atoms. The van der Waals surface area contributed by atoms with Crippen LogP contribution < -0.4 is 5.32 Å². The van der Waals surface area contributed by atoms with Gasteiger partial charge in [0.25, 0.3) is 0 Å². The predicted molar refractivity (Wildman–Crippen MR) is 80.5 cm³/mol. The van der Waals surface area contributed by atoms with E-state index >= 15 is 0 Å². The van der Waals surface area contributed by atoms with Crippen LogP contribution in [-0.4, -0.2) is 49.3 Å². The van der Waals surface area contributed by atoms with Crippen LogP contribution in [0.2, 0.25) is 0 Å². The van der Waals surface area contributed by atoms with E-state index in [2.05, 4.69) is 31.0 Å². The second-order valence-corrected chi connectivity index (χ2v) is 6.87. The first-order valence-corrected chi connectivity index (χ1v) is 8.11. The smallest absolute Gasteiger partial charge is 0.0618 e. The van der Waals surface area contributed by atoms with E-state index in [0.29, 0.717) is 23.5 Å². The number of rotatable bonds is 5. The Balaban J connectivity index is 2.11. The minimum atomic E-state index is 0.409. The molecule has 2 aliphatic rings. The summed E-state index contributed by atoms with van der Waals surface area (Å²) >= 11 is 0. The molecule has 2 atom stereocenters. The molecule has 1 heterocycles. The van der Waals surface area contributed by atoms with Gasteiger partial charge in [0.05, 0.1) is 6.61 Å². The molecule has 0 aromatic rings. The third-order valence-electron chi connectivity index (χ3n) is 5.23. The van der Waals surface area contributed by atoms with Gasteiger partial charge in [0.2, 0.25) is 0 Å². The second-order valence-electron chi connectivity index (χ2n) is 6.87. The molecule has 1 N–H and O–H groups in total.